The van der Waals surface area contributed by atoms with Gasteiger partial charge in [0.25, 0.3) is 0 Å². The van der Waals surface area contributed by atoms with E-state index < -0.39 is 30.7 Å². The van der Waals surface area contributed by atoms with Gasteiger partial charge >= 0.3 is 0 Å². The molecule has 4 aromatic rings. The van der Waals surface area contributed by atoms with Gasteiger partial charge in [0, 0.05) is 0 Å². The van der Waals surface area contributed by atoms with Gasteiger partial charge in [-0.2, -0.15) is 0 Å². The number of benzene rings is 4. The molecule has 222 valence electrons. The first-order chi connectivity index (χ1) is 21.3. The third-order valence-electron chi connectivity index (χ3n) is 7.17. The van der Waals surface area contributed by atoms with Crippen molar-refractivity contribution in [2.45, 2.75) is 57.1 Å². The molecular weight excluding hydrogens is 540 g/mol. The average molecular weight is 579 g/mol. The topological polar surface area (TPSA) is 55.4 Å². The molecule has 5 rings (SSSR count). The van der Waals surface area contributed by atoms with E-state index in [1.165, 1.54) is 0 Å². The van der Waals surface area contributed by atoms with Gasteiger partial charge in [-0.25, -0.2) is 0 Å². The lowest BCUT2D eigenvalue weighted by molar-refractivity contribution is -0.326. The quantitative estimate of drug-likeness (QED) is 0.154. The summed E-state index contributed by atoms with van der Waals surface area (Å²) in [6.07, 6.45) is 2.61. The lowest BCUT2D eigenvalue weighted by atomic mass is 9.97. The molecule has 0 amide bonds. The van der Waals surface area contributed by atoms with Crippen LogP contribution in [-0.2, 0) is 54.8 Å². The van der Waals surface area contributed by atoms with Crippen LogP contribution in [-0.4, -0.2) is 43.9 Å². The van der Waals surface area contributed by atoms with Crippen LogP contribution < -0.4 is 0 Å². The van der Waals surface area contributed by atoms with Gasteiger partial charge in [0.05, 0.1) is 33.0 Å². The van der Waals surface area contributed by atoms with Crippen LogP contribution in [0.3, 0.4) is 0 Å². The Bertz CT molecular complexity index is 1360. The van der Waals surface area contributed by atoms with Gasteiger partial charge < -0.3 is 28.4 Å². The first-order valence-electron chi connectivity index (χ1n) is 14.6. The predicted molar refractivity (Wildman–Crippen MR) is 165 cm³/mol. The van der Waals surface area contributed by atoms with Crippen LogP contribution >= 0.6 is 0 Å². The number of hydrogen-bond donors (Lipinski definition) is 0. The molecule has 0 aliphatic carbocycles. The standard InChI is InChI=1S/C37H38O6/c1-2-23-39-37-36(42-27-32-21-13-6-14-22-32)35(41-26-31-19-11-5-12-20-31)34(40-25-30-17-9-4-10-18-30)33(43-37)28-38-24-29-15-7-3-8-16-29/h1,3-22,33-37H,23-28H2/t33-,34-,35+,36+,37+/m1/s1. The van der Waals surface area contributed by atoms with Crippen molar-refractivity contribution in [3.8, 4) is 12.3 Å². The largest absolute Gasteiger partial charge is 0.374 e. The van der Waals surface area contributed by atoms with Gasteiger partial charge in [0.2, 0.25) is 0 Å². The van der Waals surface area contributed by atoms with Gasteiger partial charge in [0.15, 0.2) is 6.29 Å². The highest BCUT2D eigenvalue weighted by molar-refractivity contribution is 5.16. The van der Waals surface area contributed by atoms with Crippen molar-refractivity contribution in [2.24, 2.45) is 0 Å². The summed E-state index contributed by atoms with van der Waals surface area (Å²) in [6.45, 7) is 1.84. The lowest BCUT2D eigenvalue weighted by Crippen LogP contribution is -2.61. The summed E-state index contributed by atoms with van der Waals surface area (Å²) in [6, 6.07) is 40.1. The molecule has 1 heterocycles. The second-order valence-corrected chi connectivity index (χ2v) is 10.3. The average Bonchev–Trinajstić information content (AvgIpc) is 3.07. The zero-order chi connectivity index (χ0) is 29.5. The second kappa shape index (κ2) is 16.7. The van der Waals surface area contributed by atoms with E-state index in [2.05, 4.69) is 5.92 Å². The maximum Gasteiger partial charge on any atom is 0.188 e. The molecule has 1 fully saturated rings. The van der Waals surface area contributed by atoms with E-state index in [1.54, 1.807) is 0 Å². The molecule has 1 aliphatic heterocycles. The van der Waals surface area contributed by atoms with E-state index in [4.69, 9.17) is 34.8 Å². The van der Waals surface area contributed by atoms with Crippen LogP contribution in [0, 0.1) is 12.3 Å². The van der Waals surface area contributed by atoms with Crippen molar-refractivity contribution in [1.29, 1.82) is 0 Å². The van der Waals surface area contributed by atoms with Crippen LogP contribution in [0.15, 0.2) is 121 Å². The van der Waals surface area contributed by atoms with Crippen LogP contribution in [0.4, 0.5) is 0 Å². The third kappa shape index (κ3) is 9.34. The van der Waals surface area contributed by atoms with Crippen LogP contribution in [0.5, 0.6) is 0 Å². The van der Waals surface area contributed by atoms with Gasteiger partial charge in [-0.05, 0) is 22.3 Å². The Balaban J connectivity index is 1.41. The fraction of sp³-hybridized carbons (Fsp3) is 0.297. The molecule has 6 heteroatoms. The van der Waals surface area contributed by atoms with Crippen molar-refractivity contribution < 1.29 is 28.4 Å². The van der Waals surface area contributed by atoms with Crippen molar-refractivity contribution in [3.05, 3.63) is 144 Å². The minimum absolute atomic E-state index is 0.0639. The molecule has 6 nitrogen and oxygen atoms in total. The fourth-order valence-electron chi connectivity index (χ4n) is 5.01. The van der Waals surface area contributed by atoms with Crippen LogP contribution in [0.1, 0.15) is 22.3 Å². The highest BCUT2D eigenvalue weighted by Crippen LogP contribution is 2.31. The molecular formula is C37H38O6. The Kier molecular flexibility index (Phi) is 11.9. The molecule has 0 saturated carbocycles. The third-order valence-corrected chi connectivity index (χ3v) is 7.17. The van der Waals surface area contributed by atoms with Crippen molar-refractivity contribution >= 4 is 0 Å². The minimum atomic E-state index is -0.789. The molecule has 43 heavy (non-hydrogen) atoms. The molecule has 5 atom stereocenters. The molecule has 0 aromatic heterocycles. The normalized spacial score (nSPS) is 21.7. The fourth-order valence-corrected chi connectivity index (χ4v) is 5.01. The van der Waals surface area contributed by atoms with Crippen molar-refractivity contribution in [2.75, 3.05) is 13.2 Å². The van der Waals surface area contributed by atoms with Crippen molar-refractivity contribution in [1.82, 2.24) is 0 Å². The van der Waals surface area contributed by atoms with E-state index in [0.29, 0.717) is 26.4 Å². The predicted octanol–water partition coefficient (Wildman–Crippen LogP) is 6.33. The van der Waals surface area contributed by atoms with Gasteiger partial charge in [-0.3, -0.25) is 0 Å². The summed E-state index contributed by atoms with van der Waals surface area (Å²) in [4.78, 5) is 0. The van der Waals surface area contributed by atoms with Gasteiger partial charge in [0.1, 0.15) is 31.0 Å². The van der Waals surface area contributed by atoms with E-state index in [1.807, 2.05) is 121 Å². The van der Waals surface area contributed by atoms with E-state index in [0.717, 1.165) is 22.3 Å². The Morgan fingerprint density at radius 1 is 0.512 bits per heavy atom. The summed E-state index contributed by atoms with van der Waals surface area (Å²) in [5.41, 5.74) is 4.17. The molecule has 0 bridgehead atoms. The van der Waals surface area contributed by atoms with Crippen molar-refractivity contribution in [3.63, 3.8) is 0 Å². The molecule has 4 aromatic carbocycles. The highest BCUT2D eigenvalue weighted by Gasteiger charge is 2.49. The summed E-state index contributed by atoms with van der Waals surface area (Å²) in [5.74, 6) is 2.56. The van der Waals surface area contributed by atoms with E-state index in [9.17, 15) is 0 Å². The van der Waals surface area contributed by atoms with E-state index in [-0.39, 0.29) is 13.2 Å². The Hall–Kier alpha value is -3.80. The summed E-state index contributed by atoms with van der Waals surface area (Å²) in [7, 11) is 0. The highest BCUT2D eigenvalue weighted by atomic mass is 16.7. The first-order valence-corrected chi connectivity index (χ1v) is 14.6. The number of rotatable bonds is 15. The second-order valence-electron chi connectivity index (χ2n) is 10.3. The lowest BCUT2D eigenvalue weighted by Gasteiger charge is -2.45. The Labute approximate surface area is 254 Å². The van der Waals surface area contributed by atoms with Gasteiger partial charge in [-0.1, -0.05) is 127 Å². The molecule has 0 N–H and O–H groups in total. The zero-order valence-electron chi connectivity index (χ0n) is 24.2. The molecule has 1 aliphatic rings. The summed E-state index contributed by atoms with van der Waals surface area (Å²) < 4.78 is 38.6. The molecule has 1 saturated heterocycles. The number of ether oxygens (including phenoxy) is 6. The Morgan fingerprint density at radius 3 is 1.40 bits per heavy atom. The van der Waals surface area contributed by atoms with Gasteiger partial charge in [-0.15, -0.1) is 6.42 Å². The zero-order valence-corrected chi connectivity index (χ0v) is 24.2. The maximum absolute atomic E-state index is 6.66. The van der Waals surface area contributed by atoms with Crippen LogP contribution in [0.2, 0.25) is 0 Å². The molecule has 0 unspecified atom stereocenters. The van der Waals surface area contributed by atoms with E-state index >= 15 is 0 Å². The number of hydrogen-bond acceptors (Lipinski definition) is 6. The molecule has 0 radical (unpaired) electrons. The monoisotopic (exact) mass is 578 g/mol. The van der Waals surface area contributed by atoms with Crippen LogP contribution in [0.25, 0.3) is 0 Å². The number of terminal acetylenes is 1. The summed E-state index contributed by atoms with van der Waals surface area (Å²) in [5, 5.41) is 0. The summed E-state index contributed by atoms with van der Waals surface area (Å²) >= 11 is 0. The SMILES string of the molecule is C#CCO[C@H]1O[C@H](COCc2ccccc2)[C@@H](OCc2ccccc2)[C@H](OCc2ccccc2)[C@@H]1OCc1ccccc1. The molecule has 0 spiro atoms. The Morgan fingerprint density at radius 2 is 0.930 bits per heavy atom. The smallest absolute Gasteiger partial charge is 0.188 e. The minimum Gasteiger partial charge on any atom is -0.374 e. The maximum atomic E-state index is 6.66. The first kappa shape index (κ1) is 30.7.